The number of amides is 1. The molecule has 3 aromatic rings. The molecule has 8 heteroatoms. The molecular weight excluding hydrogens is 426 g/mol. The van der Waals surface area contributed by atoms with Crippen LogP contribution in [0.1, 0.15) is 70.9 Å². The minimum atomic E-state index is -0.721. The normalized spacial score (nSPS) is 22.6. The summed E-state index contributed by atoms with van der Waals surface area (Å²) in [5.41, 5.74) is 3.55. The highest BCUT2D eigenvalue weighted by atomic mass is 19.1. The van der Waals surface area contributed by atoms with Crippen LogP contribution in [0.4, 0.5) is 8.78 Å². The van der Waals surface area contributed by atoms with E-state index in [1.807, 2.05) is 16.9 Å². The fourth-order valence-corrected chi connectivity index (χ4v) is 4.94. The third-order valence-electron chi connectivity index (χ3n) is 6.89. The lowest BCUT2D eigenvalue weighted by atomic mass is 9.88. The van der Waals surface area contributed by atoms with Crippen molar-refractivity contribution < 1.29 is 18.3 Å². The van der Waals surface area contributed by atoms with E-state index in [1.54, 1.807) is 11.9 Å². The third kappa shape index (κ3) is 3.62. The molecule has 0 radical (unpaired) electrons. The molecule has 1 saturated heterocycles. The highest BCUT2D eigenvalue weighted by Crippen LogP contribution is 2.41. The highest BCUT2D eigenvalue weighted by Gasteiger charge is 2.34. The van der Waals surface area contributed by atoms with Crippen LogP contribution in [0, 0.1) is 11.6 Å². The van der Waals surface area contributed by atoms with Crippen molar-refractivity contribution in [3.05, 3.63) is 70.7 Å². The van der Waals surface area contributed by atoms with Crippen molar-refractivity contribution in [1.29, 1.82) is 0 Å². The Morgan fingerprint density at radius 2 is 2.00 bits per heavy atom. The lowest BCUT2D eigenvalue weighted by Gasteiger charge is -2.29. The number of hydrogen-bond donors (Lipinski definition) is 0. The van der Waals surface area contributed by atoms with Gasteiger partial charge in [0.1, 0.15) is 11.6 Å². The van der Waals surface area contributed by atoms with Gasteiger partial charge in [0.05, 0.1) is 29.6 Å². The maximum Gasteiger partial charge on any atom is 0.256 e. The average molecular weight is 450 g/mol. The summed E-state index contributed by atoms with van der Waals surface area (Å²) in [6.07, 6.45) is 7.74. The first-order chi connectivity index (χ1) is 16.0. The zero-order valence-corrected chi connectivity index (χ0v) is 18.3. The molecule has 0 unspecified atom stereocenters. The van der Waals surface area contributed by atoms with Crippen LogP contribution in [0.25, 0.3) is 11.3 Å². The van der Waals surface area contributed by atoms with Gasteiger partial charge in [0.15, 0.2) is 0 Å². The van der Waals surface area contributed by atoms with E-state index < -0.39 is 11.6 Å². The number of pyridine rings is 1. The Hall–Kier alpha value is -3.13. The second-order valence-electron chi connectivity index (χ2n) is 9.28. The van der Waals surface area contributed by atoms with Gasteiger partial charge in [0.2, 0.25) is 0 Å². The first kappa shape index (κ1) is 20.5. The standard InChI is InChI=1S/C25H24F2N4O2/c1-30-12-15-8-21(29-24(23(15)25(30)32)19-5-2-17(26)10-20(19)27)14-6-7-33-22(9-14)16-11-28-31(13-16)18-3-4-18/h2,5,8,10-11,13-14,18,22H,3-4,6-7,9,12H2,1H3/t14-,22-/m0/s1. The third-order valence-corrected chi connectivity index (χ3v) is 6.89. The Labute approximate surface area is 190 Å². The Kier molecular flexibility index (Phi) is 4.79. The molecule has 1 amide bonds. The van der Waals surface area contributed by atoms with Crippen LogP contribution in [0.5, 0.6) is 0 Å². The zero-order chi connectivity index (χ0) is 22.7. The molecule has 170 valence electrons. The fraction of sp³-hybridized carbons (Fsp3) is 0.400. The molecule has 2 aliphatic heterocycles. The molecule has 33 heavy (non-hydrogen) atoms. The summed E-state index contributed by atoms with van der Waals surface area (Å²) in [5.74, 6) is -1.48. The molecule has 1 aliphatic carbocycles. The van der Waals surface area contributed by atoms with E-state index in [0.29, 0.717) is 30.5 Å². The van der Waals surface area contributed by atoms with Crippen molar-refractivity contribution in [2.24, 2.45) is 0 Å². The quantitative estimate of drug-likeness (QED) is 0.574. The van der Waals surface area contributed by atoms with Crippen LogP contribution in [-0.2, 0) is 11.3 Å². The first-order valence-corrected chi connectivity index (χ1v) is 11.4. The highest BCUT2D eigenvalue weighted by molar-refractivity contribution is 6.03. The summed E-state index contributed by atoms with van der Waals surface area (Å²) in [5, 5.41) is 4.49. The largest absolute Gasteiger partial charge is 0.373 e. The number of hydrogen-bond acceptors (Lipinski definition) is 4. The van der Waals surface area contributed by atoms with E-state index >= 15 is 0 Å². The van der Waals surface area contributed by atoms with E-state index in [1.165, 1.54) is 25.0 Å². The van der Waals surface area contributed by atoms with Gasteiger partial charge in [-0.15, -0.1) is 0 Å². The van der Waals surface area contributed by atoms with E-state index in [-0.39, 0.29) is 23.5 Å². The summed E-state index contributed by atoms with van der Waals surface area (Å²) in [7, 11) is 1.72. The number of benzene rings is 1. The van der Waals surface area contributed by atoms with E-state index in [0.717, 1.165) is 35.7 Å². The first-order valence-electron chi connectivity index (χ1n) is 11.4. The maximum absolute atomic E-state index is 14.7. The van der Waals surface area contributed by atoms with Gasteiger partial charge in [-0.2, -0.15) is 5.10 Å². The number of nitrogens with zero attached hydrogens (tertiary/aromatic N) is 4. The van der Waals surface area contributed by atoms with Gasteiger partial charge in [-0.3, -0.25) is 14.5 Å². The lowest BCUT2D eigenvalue weighted by Crippen LogP contribution is -2.20. The summed E-state index contributed by atoms with van der Waals surface area (Å²) in [6, 6.07) is 5.88. The number of carbonyl (C=O) groups is 1. The Morgan fingerprint density at radius 1 is 1.15 bits per heavy atom. The molecule has 2 atom stereocenters. The fourth-order valence-electron chi connectivity index (χ4n) is 4.94. The van der Waals surface area contributed by atoms with Gasteiger partial charge < -0.3 is 9.64 Å². The van der Waals surface area contributed by atoms with Crippen LogP contribution >= 0.6 is 0 Å². The summed E-state index contributed by atoms with van der Waals surface area (Å²) in [4.78, 5) is 19.2. The topological polar surface area (TPSA) is 60.2 Å². The monoisotopic (exact) mass is 450 g/mol. The lowest BCUT2D eigenvalue weighted by molar-refractivity contribution is 0.00459. The molecule has 6 nitrogen and oxygen atoms in total. The molecule has 3 aliphatic rings. The van der Waals surface area contributed by atoms with Crippen LogP contribution in [0.15, 0.2) is 36.7 Å². The van der Waals surface area contributed by atoms with Gasteiger partial charge >= 0.3 is 0 Å². The van der Waals surface area contributed by atoms with Gasteiger partial charge in [0, 0.05) is 55.2 Å². The SMILES string of the molecule is CN1Cc2cc([C@H]3CCO[C@H](c4cnn(C5CC5)c4)C3)nc(-c3ccc(F)cc3F)c2C1=O. The van der Waals surface area contributed by atoms with Gasteiger partial charge in [-0.1, -0.05) is 0 Å². The molecule has 2 aromatic heterocycles. The smallest absolute Gasteiger partial charge is 0.256 e. The molecular formula is C25H24F2N4O2. The van der Waals surface area contributed by atoms with Crippen molar-refractivity contribution in [3.63, 3.8) is 0 Å². The minimum absolute atomic E-state index is 0.0818. The molecule has 0 bridgehead atoms. The van der Waals surface area contributed by atoms with E-state index in [4.69, 9.17) is 9.72 Å². The second kappa shape index (κ2) is 7.73. The Bertz CT molecular complexity index is 1250. The number of halogens is 2. The van der Waals surface area contributed by atoms with Crippen LogP contribution in [0.2, 0.25) is 0 Å². The minimum Gasteiger partial charge on any atom is -0.373 e. The number of fused-ring (bicyclic) bond motifs is 1. The predicted molar refractivity (Wildman–Crippen MR) is 117 cm³/mol. The van der Waals surface area contributed by atoms with Crippen molar-refractivity contribution in [3.8, 4) is 11.3 Å². The Balaban J connectivity index is 1.37. The van der Waals surface area contributed by atoms with Crippen LogP contribution in [0.3, 0.4) is 0 Å². The van der Waals surface area contributed by atoms with Crippen LogP contribution < -0.4 is 0 Å². The number of carbonyl (C=O) groups excluding carboxylic acids is 1. The van der Waals surface area contributed by atoms with Gasteiger partial charge in [0.25, 0.3) is 5.91 Å². The number of ether oxygens (including phenoxy) is 1. The summed E-state index contributed by atoms with van der Waals surface area (Å²) < 4.78 is 36.4. The molecule has 0 N–H and O–H groups in total. The molecule has 1 aromatic carbocycles. The molecule has 0 spiro atoms. The maximum atomic E-state index is 14.7. The molecule has 6 rings (SSSR count). The molecule has 2 fully saturated rings. The number of rotatable bonds is 4. The van der Waals surface area contributed by atoms with Crippen LogP contribution in [-0.4, -0.2) is 39.2 Å². The summed E-state index contributed by atoms with van der Waals surface area (Å²) in [6.45, 7) is 1.03. The number of aromatic nitrogens is 3. The zero-order valence-electron chi connectivity index (χ0n) is 18.3. The molecule has 4 heterocycles. The van der Waals surface area contributed by atoms with Crippen molar-refractivity contribution in [2.45, 2.75) is 50.3 Å². The van der Waals surface area contributed by atoms with Crippen molar-refractivity contribution >= 4 is 5.91 Å². The van der Waals surface area contributed by atoms with Crippen molar-refractivity contribution in [1.82, 2.24) is 19.7 Å². The van der Waals surface area contributed by atoms with Gasteiger partial charge in [-0.25, -0.2) is 8.78 Å². The molecule has 1 saturated carbocycles. The van der Waals surface area contributed by atoms with E-state index in [9.17, 15) is 13.6 Å². The summed E-state index contributed by atoms with van der Waals surface area (Å²) >= 11 is 0. The van der Waals surface area contributed by atoms with Crippen molar-refractivity contribution in [2.75, 3.05) is 13.7 Å². The average Bonchev–Trinajstić information content (AvgIpc) is 3.46. The van der Waals surface area contributed by atoms with Gasteiger partial charge in [-0.05, 0) is 49.4 Å². The van der Waals surface area contributed by atoms with E-state index in [2.05, 4.69) is 11.3 Å². The Morgan fingerprint density at radius 3 is 2.79 bits per heavy atom. The second-order valence-corrected chi connectivity index (χ2v) is 9.28. The predicted octanol–water partition coefficient (Wildman–Crippen LogP) is 4.78.